The number of benzene rings is 3. The van der Waals surface area contributed by atoms with Gasteiger partial charge in [0.15, 0.2) is 5.82 Å². The van der Waals surface area contributed by atoms with Gasteiger partial charge < -0.3 is 15.0 Å². The van der Waals surface area contributed by atoms with Crippen LogP contribution in [0.3, 0.4) is 0 Å². The zero-order valence-electron chi connectivity index (χ0n) is 20.9. The van der Waals surface area contributed by atoms with Crippen molar-refractivity contribution in [3.05, 3.63) is 95.2 Å². The number of carbonyl (C=O) groups is 1. The van der Waals surface area contributed by atoms with Crippen LogP contribution in [0.5, 0.6) is 5.75 Å². The number of anilines is 1. The van der Waals surface area contributed by atoms with Gasteiger partial charge in [0.05, 0.1) is 25.0 Å². The lowest BCUT2D eigenvalue weighted by Crippen LogP contribution is -2.39. The third kappa shape index (κ3) is 4.80. The van der Waals surface area contributed by atoms with E-state index in [2.05, 4.69) is 37.4 Å². The van der Waals surface area contributed by atoms with Crippen LogP contribution < -0.4 is 10.1 Å². The van der Waals surface area contributed by atoms with Gasteiger partial charge in [-0.3, -0.25) is 0 Å². The maximum atomic E-state index is 13.2. The van der Waals surface area contributed by atoms with Crippen LogP contribution in [0.25, 0.3) is 22.6 Å². The Hall–Kier alpha value is -4.19. The van der Waals surface area contributed by atoms with Gasteiger partial charge in [0.1, 0.15) is 5.75 Å². The van der Waals surface area contributed by atoms with Crippen LogP contribution in [0, 0.1) is 6.92 Å². The molecule has 182 valence electrons. The molecule has 4 aromatic rings. The normalized spacial score (nSPS) is 12.7. The summed E-state index contributed by atoms with van der Waals surface area (Å²) in [5.41, 5.74) is 7.96. The second-order valence-corrected chi connectivity index (χ2v) is 9.02. The highest BCUT2D eigenvalue weighted by Crippen LogP contribution is 2.33. The van der Waals surface area contributed by atoms with Crippen molar-refractivity contribution in [1.29, 1.82) is 0 Å². The molecule has 0 unspecified atom stereocenters. The van der Waals surface area contributed by atoms with Gasteiger partial charge in [0.25, 0.3) is 0 Å². The average molecular weight is 479 g/mol. The number of aryl methyl sites for hydroxylation is 2. The number of hydrogen-bond acceptors (Lipinski definition) is 4. The molecule has 6 nitrogen and oxygen atoms in total. The van der Waals surface area contributed by atoms with Gasteiger partial charge in [0, 0.05) is 35.3 Å². The van der Waals surface area contributed by atoms with Gasteiger partial charge in [0.2, 0.25) is 0 Å². The Bertz CT molecular complexity index is 1420. The molecule has 2 amide bonds. The van der Waals surface area contributed by atoms with Crippen LogP contribution >= 0.6 is 0 Å². The van der Waals surface area contributed by atoms with Crippen molar-refractivity contribution in [2.24, 2.45) is 0 Å². The van der Waals surface area contributed by atoms with Crippen molar-refractivity contribution < 1.29 is 9.53 Å². The number of fused-ring (bicyclic) bond motifs is 1. The first kappa shape index (κ1) is 23.5. The van der Waals surface area contributed by atoms with Crippen LogP contribution in [-0.2, 0) is 19.4 Å². The van der Waals surface area contributed by atoms with Crippen LogP contribution in [0.2, 0.25) is 0 Å². The summed E-state index contributed by atoms with van der Waals surface area (Å²) >= 11 is 0. The highest BCUT2D eigenvalue weighted by Gasteiger charge is 2.27. The lowest BCUT2D eigenvalue weighted by molar-refractivity contribution is 0.206. The summed E-state index contributed by atoms with van der Waals surface area (Å²) in [5.74, 6) is 1.43. The maximum absolute atomic E-state index is 13.2. The molecule has 0 spiro atoms. The standard InChI is InChI=1S/C30H30N4O2/c1-4-21-10-7-12-23(17-21)31-30(35)34-16-15-27-26(19-34)28(25-14-6-5-9-20(25)2)33-29(32-27)22-11-8-13-24(18-22)36-3/h5-14,17-18H,4,15-16,19H2,1-3H3,(H,31,35). The Balaban J connectivity index is 1.52. The minimum absolute atomic E-state index is 0.110. The van der Waals surface area contributed by atoms with E-state index in [0.29, 0.717) is 25.3 Å². The summed E-state index contributed by atoms with van der Waals surface area (Å²) in [6.45, 7) is 5.24. The van der Waals surface area contributed by atoms with Gasteiger partial charge in [-0.2, -0.15) is 0 Å². The molecule has 1 aliphatic heterocycles. The number of urea groups is 1. The van der Waals surface area contributed by atoms with E-state index in [9.17, 15) is 4.79 Å². The fourth-order valence-electron chi connectivity index (χ4n) is 4.61. The Morgan fingerprint density at radius 1 is 1.03 bits per heavy atom. The zero-order valence-corrected chi connectivity index (χ0v) is 20.9. The maximum Gasteiger partial charge on any atom is 0.322 e. The van der Waals surface area contributed by atoms with Crippen molar-refractivity contribution in [2.45, 2.75) is 33.2 Å². The number of methoxy groups -OCH3 is 1. The minimum atomic E-state index is -0.110. The first-order valence-corrected chi connectivity index (χ1v) is 12.3. The first-order chi connectivity index (χ1) is 17.6. The van der Waals surface area contributed by atoms with E-state index in [1.54, 1.807) is 7.11 Å². The second-order valence-electron chi connectivity index (χ2n) is 9.02. The van der Waals surface area contributed by atoms with E-state index >= 15 is 0 Å². The Kier molecular flexibility index (Phi) is 6.67. The molecule has 0 fully saturated rings. The van der Waals surface area contributed by atoms with E-state index < -0.39 is 0 Å². The number of hydrogen-bond donors (Lipinski definition) is 1. The quantitative estimate of drug-likeness (QED) is 0.367. The number of aromatic nitrogens is 2. The molecule has 0 saturated heterocycles. The molecule has 2 heterocycles. The number of rotatable bonds is 5. The Labute approximate surface area is 212 Å². The highest BCUT2D eigenvalue weighted by atomic mass is 16.5. The molecule has 0 radical (unpaired) electrons. The molecule has 3 aromatic carbocycles. The highest BCUT2D eigenvalue weighted by molar-refractivity contribution is 5.89. The summed E-state index contributed by atoms with van der Waals surface area (Å²) in [6, 6.07) is 23.9. The van der Waals surface area contributed by atoms with Gasteiger partial charge in [-0.15, -0.1) is 0 Å². The molecule has 0 saturated carbocycles. The lowest BCUT2D eigenvalue weighted by atomic mass is 9.96. The van der Waals surface area contributed by atoms with Crippen molar-refractivity contribution >= 4 is 11.7 Å². The lowest BCUT2D eigenvalue weighted by Gasteiger charge is -2.30. The van der Waals surface area contributed by atoms with Gasteiger partial charge in [-0.05, 0) is 48.7 Å². The summed E-state index contributed by atoms with van der Waals surface area (Å²) in [7, 11) is 1.66. The topological polar surface area (TPSA) is 67.4 Å². The Morgan fingerprint density at radius 2 is 1.86 bits per heavy atom. The molecule has 5 rings (SSSR count). The van der Waals surface area contributed by atoms with Crippen LogP contribution in [0.1, 0.15) is 29.3 Å². The molecule has 1 aliphatic rings. The van der Waals surface area contributed by atoms with Gasteiger partial charge in [-0.1, -0.05) is 55.5 Å². The van der Waals surface area contributed by atoms with Gasteiger partial charge in [-0.25, -0.2) is 14.8 Å². The molecule has 1 aromatic heterocycles. The molecule has 0 bridgehead atoms. The first-order valence-electron chi connectivity index (χ1n) is 12.3. The predicted molar refractivity (Wildman–Crippen MR) is 143 cm³/mol. The number of amides is 2. The third-order valence-corrected chi connectivity index (χ3v) is 6.66. The third-order valence-electron chi connectivity index (χ3n) is 6.66. The number of nitrogens with zero attached hydrogens (tertiary/aromatic N) is 3. The largest absolute Gasteiger partial charge is 0.497 e. The fraction of sp³-hybridized carbons (Fsp3) is 0.233. The van der Waals surface area contributed by atoms with E-state index in [0.717, 1.165) is 51.5 Å². The van der Waals surface area contributed by atoms with E-state index in [4.69, 9.17) is 14.7 Å². The number of nitrogens with one attached hydrogen (secondary N) is 1. The second kappa shape index (κ2) is 10.2. The van der Waals surface area contributed by atoms with Crippen LogP contribution in [0.15, 0.2) is 72.8 Å². The zero-order chi connectivity index (χ0) is 25.1. The summed E-state index contributed by atoms with van der Waals surface area (Å²) < 4.78 is 5.42. The van der Waals surface area contributed by atoms with E-state index in [1.807, 2.05) is 59.5 Å². The van der Waals surface area contributed by atoms with Crippen LogP contribution in [-0.4, -0.2) is 34.6 Å². The van der Waals surface area contributed by atoms with E-state index in [-0.39, 0.29) is 6.03 Å². The van der Waals surface area contributed by atoms with Crippen molar-refractivity contribution in [3.8, 4) is 28.4 Å². The van der Waals surface area contributed by atoms with Crippen molar-refractivity contribution in [3.63, 3.8) is 0 Å². The number of carbonyl (C=O) groups excluding carboxylic acids is 1. The number of ether oxygens (including phenoxy) is 1. The summed E-state index contributed by atoms with van der Waals surface area (Å²) in [5, 5.41) is 3.07. The summed E-state index contributed by atoms with van der Waals surface area (Å²) in [4.78, 5) is 25.0. The summed E-state index contributed by atoms with van der Waals surface area (Å²) in [6.07, 6.45) is 1.59. The van der Waals surface area contributed by atoms with Gasteiger partial charge >= 0.3 is 6.03 Å². The van der Waals surface area contributed by atoms with Crippen LogP contribution in [0.4, 0.5) is 10.5 Å². The average Bonchev–Trinajstić information content (AvgIpc) is 2.92. The molecule has 0 atom stereocenters. The molecule has 0 aliphatic carbocycles. The molecule has 6 heteroatoms. The predicted octanol–water partition coefficient (Wildman–Crippen LogP) is 6.28. The fourth-order valence-corrected chi connectivity index (χ4v) is 4.61. The molecule has 36 heavy (non-hydrogen) atoms. The van der Waals surface area contributed by atoms with Crippen molar-refractivity contribution in [1.82, 2.24) is 14.9 Å². The Morgan fingerprint density at radius 3 is 2.67 bits per heavy atom. The molecule has 1 N–H and O–H groups in total. The smallest absolute Gasteiger partial charge is 0.322 e. The molecular formula is C30H30N4O2. The van der Waals surface area contributed by atoms with Crippen molar-refractivity contribution in [2.75, 3.05) is 19.0 Å². The van der Waals surface area contributed by atoms with E-state index in [1.165, 1.54) is 5.56 Å². The molecular weight excluding hydrogens is 448 g/mol. The monoisotopic (exact) mass is 478 g/mol. The SMILES string of the molecule is CCc1cccc(NC(=O)N2CCc3nc(-c4cccc(OC)c4)nc(-c4ccccc4C)c3C2)c1. The minimum Gasteiger partial charge on any atom is -0.497 e.